The van der Waals surface area contributed by atoms with E-state index in [9.17, 15) is 22.4 Å². The SMILES string of the molecule is O=C(O)[C@H](F)c1ccccc1C(F)(F)F. The number of carbonyl (C=O) groups is 1. The maximum Gasteiger partial charge on any atom is 0.416 e. The molecule has 0 aliphatic carbocycles. The molecule has 0 fully saturated rings. The maximum absolute atomic E-state index is 12.9. The van der Waals surface area contributed by atoms with Crippen molar-refractivity contribution >= 4 is 5.97 Å². The lowest BCUT2D eigenvalue weighted by Gasteiger charge is -2.13. The van der Waals surface area contributed by atoms with E-state index >= 15 is 0 Å². The van der Waals surface area contributed by atoms with Gasteiger partial charge in [-0.1, -0.05) is 18.2 Å². The Hall–Kier alpha value is -1.59. The fourth-order valence-corrected chi connectivity index (χ4v) is 1.11. The minimum atomic E-state index is -4.75. The number of benzene rings is 1. The van der Waals surface area contributed by atoms with Crippen LogP contribution in [-0.2, 0) is 11.0 Å². The van der Waals surface area contributed by atoms with Crippen LogP contribution < -0.4 is 0 Å². The highest BCUT2D eigenvalue weighted by Crippen LogP contribution is 2.35. The third-order valence-electron chi connectivity index (χ3n) is 1.76. The van der Waals surface area contributed by atoms with Gasteiger partial charge in [-0.25, -0.2) is 9.18 Å². The third kappa shape index (κ3) is 2.45. The molecule has 0 aromatic heterocycles. The third-order valence-corrected chi connectivity index (χ3v) is 1.76. The van der Waals surface area contributed by atoms with Crippen molar-refractivity contribution in [2.45, 2.75) is 12.3 Å². The van der Waals surface area contributed by atoms with Crippen molar-refractivity contribution < 1.29 is 27.5 Å². The van der Waals surface area contributed by atoms with Crippen LogP contribution in [0.2, 0.25) is 0 Å². The van der Waals surface area contributed by atoms with Crippen LogP contribution in [0.15, 0.2) is 24.3 Å². The van der Waals surface area contributed by atoms with E-state index in [1.54, 1.807) is 0 Å². The van der Waals surface area contributed by atoms with Gasteiger partial charge in [0.1, 0.15) is 0 Å². The highest BCUT2D eigenvalue weighted by atomic mass is 19.4. The average Bonchev–Trinajstić information content (AvgIpc) is 2.15. The summed E-state index contributed by atoms with van der Waals surface area (Å²) < 4.78 is 49.9. The molecule has 0 aliphatic rings. The summed E-state index contributed by atoms with van der Waals surface area (Å²) >= 11 is 0. The van der Waals surface area contributed by atoms with E-state index in [1.807, 2.05) is 0 Å². The number of hydrogen-bond donors (Lipinski definition) is 1. The summed E-state index contributed by atoms with van der Waals surface area (Å²) in [5.41, 5.74) is -2.14. The molecule has 0 aliphatic heterocycles. The van der Waals surface area contributed by atoms with Crippen molar-refractivity contribution in [3.8, 4) is 0 Å². The zero-order valence-corrected chi connectivity index (χ0v) is 7.25. The summed E-state index contributed by atoms with van der Waals surface area (Å²) in [7, 11) is 0. The molecule has 0 saturated heterocycles. The molecule has 2 nitrogen and oxygen atoms in total. The van der Waals surface area contributed by atoms with E-state index < -0.39 is 29.4 Å². The van der Waals surface area contributed by atoms with Crippen LogP contribution in [0.25, 0.3) is 0 Å². The van der Waals surface area contributed by atoms with E-state index in [4.69, 9.17) is 5.11 Å². The minimum Gasteiger partial charge on any atom is -0.479 e. The molecule has 1 N–H and O–H groups in total. The second-order valence-corrected chi connectivity index (χ2v) is 2.79. The quantitative estimate of drug-likeness (QED) is 0.781. The number of rotatable bonds is 2. The van der Waals surface area contributed by atoms with Crippen LogP contribution in [-0.4, -0.2) is 11.1 Å². The summed E-state index contributed by atoms with van der Waals surface area (Å²) in [5, 5.41) is 8.28. The fourth-order valence-electron chi connectivity index (χ4n) is 1.11. The summed E-state index contributed by atoms with van der Waals surface area (Å²) in [5.74, 6) is -1.94. The zero-order chi connectivity index (χ0) is 11.6. The summed E-state index contributed by atoms with van der Waals surface area (Å²) in [6, 6.07) is 3.67. The Morgan fingerprint density at radius 2 is 1.80 bits per heavy atom. The van der Waals surface area contributed by atoms with Crippen molar-refractivity contribution in [3.05, 3.63) is 35.4 Å². The van der Waals surface area contributed by atoms with E-state index in [1.165, 1.54) is 0 Å². The van der Waals surface area contributed by atoms with E-state index in [0.29, 0.717) is 6.07 Å². The van der Waals surface area contributed by atoms with Gasteiger partial charge in [-0.2, -0.15) is 13.2 Å². The normalized spacial score (nSPS) is 13.6. The Balaban J connectivity index is 3.24. The van der Waals surface area contributed by atoms with Crippen LogP contribution in [0.5, 0.6) is 0 Å². The minimum absolute atomic E-state index is 0.644. The first-order valence-electron chi connectivity index (χ1n) is 3.87. The number of aliphatic carboxylic acids is 1. The molecular formula is C9H6F4O2. The summed E-state index contributed by atoms with van der Waals surface area (Å²) in [4.78, 5) is 10.2. The Bertz CT molecular complexity index is 373. The second kappa shape index (κ2) is 3.88. The fraction of sp³-hybridized carbons (Fsp3) is 0.222. The van der Waals surface area contributed by atoms with Crippen LogP contribution in [0, 0.1) is 0 Å². The van der Waals surface area contributed by atoms with Crippen LogP contribution in [0.4, 0.5) is 17.6 Å². The molecule has 0 amide bonds. The van der Waals surface area contributed by atoms with E-state index in [0.717, 1.165) is 18.2 Å². The van der Waals surface area contributed by atoms with Gasteiger partial charge in [0.05, 0.1) is 5.56 Å². The lowest BCUT2D eigenvalue weighted by Crippen LogP contribution is -2.14. The second-order valence-electron chi connectivity index (χ2n) is 2.79. The standard InChI is InChI=1S/C9H6F4O2/c10-7(8(14)15)5-3-1-2-4-6(5)9(11,12)13/h1-4,7H,(H,14,15)/t7-/m1/s1. The van der Waals surface area contributed by atoms with Crippen molar-refractivity contribution in [3.63, 3.8) is 0 Å². The monoisotopic (exact) mass is 222 g/mol. The highest BCUT2D eigenvalue weighted by molar-refractivity contribution is 5.74. The highest BCUT2D eigenvalue weighted by Gasteiger charge is 2.36. The lowest BCUT2D eigenvalue weighted by molar-refractivity contribution is -0.145. The van der Waals surface area contributed by atoms with Gasteiger partial charge < -0.3 is 5.11 Å². The molecule has 15 heavy (non-hydrogen) atoms. The molecule has 0 unspecified atom stereocenters. The van der Waals surface area contributed by atoms with Crippen molar-refractivity contribution in [1.29, 1.82) is 0 Å². The van der Waals surface area contributed by atoms with Crippen molar-refractivity contribution in [1.82, 2.24) is 0 Å². The predicted molar refractivity (Wildman–Crippen MR) is 42.9 cm³/mol. The molecule has 1 aromatic carbocycles. The largest absolute Gasteiger partial charge is 0.479 e. The molecule has 6 heteroatoms. The molecule has 0 bridgehead atoms. The Kier molecular flexibility index (Phi) is 2.97. The molecule has 0 saturated carbocycles. The number of hydrogen-bond acceptors (Lipinski definition) is 1. The van der Waals surface area contributed by atoms with Gasteiger partial charge in [-0.3, -0.25) is 0 Å². The lowest BCUT2D eigenvalue weighted by atomic mass is 10.0. The van der Waals surface area contributed by atoms with E-state index in [2.05, 4.69) is 0 Å². The van der Waals surface area contributed by atoms with Crippen LogP contribution in [0.1, 0.15) is 17.3 Å². The first-order valence-corrected chi connectivity index (χ1v) is 3.87. The molecule has 1 aromatic rings. The average molecular weight is 222 g/mol. The Morgan fingerprint density at radius 1 is 1.27 bits per heavy atom. The first kappa shape index (κ1) is 11.5. The predicted octanol–water partition coefficient (Wildman–Crippen LogP) is 2.80. The first-order chi connectivity index (χ1) is 6.84. The Labute approximate surface area is 82.1 Å². The summed E-state index contributed by atoms with van der Waals surface area (Å²) in [6.45, 7) is 0. The van der Waals surface area contributed by atoms with Gasteiger partial charge in [0.2, 0.25) is 6.17 Å². The van der Waals surface area contributed by atoms with Crippen molar-refractivity contribution in [2.24, 2.45) is 0 Å². The van der Waals surface area contributed by atoms with E-state index in [-0.39, 0.29) is 0 Å². The van der Waals surface area contributed by atoms with Gasteiger partial charge >= 0.3 is 12.1 Å². The number of halogens is 4. The topological polar surface area (TPSA) is 37.3 Å². The summed E-state index contributed by atoms with van der Waals surface area (Å²) in [6.07, 6.45) is -7.42. The molecule has 1 atom stereocenters. The smallest absolute Gasteiger partial charge is 0.416 e. The van der Waals surface area contributed by atoms with Gasteiger partial charge in [0, 0.05) is 5.56 Å². The van der Waals surface area contributed by atoms with Crippen LogP contribution in [0.3, 0.4) is 0 Å². The van der Waals surface area contributed by atoms with Gasteiger partial charge in [-0.15, -0.1) is 0 Å². The van der Waals surface area contributed by atoms with Crippen LogP contribution >= 0.6 is 0 Å². The molecular weight excluding hydrogens is 216 g/mol. The zero-order valence-electron chi connectivity index (χ0n) is 7.25. The van der Waals surface area contributed by atoms with Crippen molar-refractivity contribution in [2.75, 3.05) is 0 Å². The molecule has 0 radical (unpaired) electrons. The molecule has 0 heterocycles. The molecule has 0 spiro atoms. The van der Waals surface area contributed by atoms with Gasteiger partial charge in [0.25, 0.3) is 0 Å². The molecule has 82 valence electrons. The number of alkyl halides is 4. The number of carboxylic acid groups (broad SMARTS) is 1. The molecule has 1 rings (SSSR count). The van der Waals surface area contributed by atoms with Gasteiger partial charge in [0.15, 0.2) is 0 Å². The van der Waals surface area contributed by atoms with Gasteiger partial charge in [-0.05, 0) is 6.07 Å². The number of carboxylic acids is 1. The Morgan fingerprint density at radius 3 is 2.27 bits per heavy atom. The maximum atomic E-state index is 12.9.